The molecule has 0 aromatic heterocycles. The maximum absolute atomic E-state index is 3.06. The molecule has 0 saturated heterocycles. The van der Waals surface area contributed by atoms with E-state index in [1.165, 1.54) is 123 Å². The van der Waals surface area contributed by atoms with E-state index >= 15 is 0 Å². The van der Waals surface area contributed by atoms with Gasteiger partial charge >= 0.3 is 30.2 Å². The molecule has 8 aromatic carbocycles. The molecular formula is C56H60SiZr-4. The molecule has 2 atom stereocenters. The summed E-state index contributed by atoms with van der Waals surface area (Å²) in [5, 5.41) is 5.47. The molecule has 0 saturated carbocycles. The van der Waals surface area contributed by atoms with Crippen LogP contribution in [0.15, 0.2) is 146 Å². The van der Waals surface area contributed by atoms with Crippen LogP contribution in [0.3, 0.4) is 0 Å². The summed E-state index contributed by atoms with van der Waals surface area (Å²) < 4.78 is 0. The number of aryl methyl sites for hydroxylation is 4. The van der Waals surface area contributed by atoms with Crippen LogP contribution in [-0.4, -0.2) is 6.88 Å². The average molecular weight is 852 g/mol. The van der Waals surface area contributed by atoms with E-state index in [9.17, 15) is 0 Å². The van der Waals surface area contributed by atoms with Crippen molar-refractivity contribution in [1.29, 1.82) is 0 Å². The molecule has 0 amide bonds. The van der Waals surface area contributed by atoms with Crippen molar-refractivity contribution in [1.82, 2.24) is 0 Å². The zero-order valence-corrected chi connectivity index (χ0v) is 39.9. The second-order valence-corrected chi connectivity index (χ2v) is 15.6. The Balaban J connectivity index is 0.000000238. The van der Waals surface area contributed by atoms with Crippen molar-refractivity contribution in [3.05, 3.63) is 194 Å². The van der Waals surface area contributed by atoms with E-state index in [1.807, 2.05) is 0 Å². The maximum atomic E-state index is 3.06. The van der Waals surface area contributed by atoms with Gasteiger partial charge in [0.15, 0.2) is 0 Å². The second-order valence-electron chi connectivity index (χ2n) is 15.6. The predicted molar refractivity (Wildman–Crippen MR) is 256 cm³/mol. The summed E-state index contributed by atoms with van der Waals surface area (Å²) in [7, 11) is 0. The Morgan fingerprint density at radius 1 is 0.414 bits per heavy atom. The molecule has 58 heavy (non-hydrogen) atoms. The molecule has 296 valence electrons. The van der Waals surface area contributed by atoms with E-state index < -0.39 is 0 Å². The van der Waals surface area contributed by atoms with Crippen LogP contribution in [0.1, 0.15) is 85.8 Å². The molecule has 0 nitrogen and oxygen atoms in total. The molecule has 2 heteroatoms. The fourth-order valence-electron chi connectivity index (χ4n) is 7.62. The third-order valence-corrected chi connectivity index (χ3v) is 11.6. The Morgan fingerprint density at radius 2 is 0.655 bits per heavy atom. The third-order valence-electron chi connectivity index (χ3n) is 11.6. The summed E-state index contributed by atoms with van der Waals surface area (Å²) >= 11 is 1.36. The van der Waals surface area contributed by atoms with E-state index in [1.54, 1.807) is 0 Å². The first-order valence-corrected chi connectivity index (χ1v) is 24.3. The molecular weight excluding hydrogens is 792 g/mol. The molecule has 2 radical (unpaired) electrons. The minimum atomic E-state index is 0. The zero-order chi connectivity index (χ0) is 39.9. The van der Waals surface area contributed by atoms with Gasteiger partial charge < -0.3 is 14.9 Å². The molecule has 2 unspecified atom stereocenters. The molecule has 0 aliphatic heterocycles. The van der Waals surface area contributed by atoms with Crippen molar-refractivity contribution in [3.63, 3.8) is 0 Å². The summed E-state index contributed by atoms with van der Waals surface area (Å²) in [5.74, 6) is 1.16. The van der Waals surface area contributed by atoms with E-state index in [-0.39, 0.29) is 14.9 Å². The molecule has 8 rings (SSSR count). The Morgan fingerprint density at radius 3 is 0.914 bits per heavy atom. The Kier molecular flexibility index (Phi) is 16.8. The molecule has 0 aliphatic rings. The van der Waals surface area contributed by atoms with Crippen LogP contribution in [0.2, 0.25) is 0 Å². The van der Waals surface area contributed by atoms with Gasteiger partial charge in [0.25, 0.3) is 0 Å². The van der Waals surface area contributed by atoms with Crippen molar-refractivity contribution >= 4 is 28.4 Å². The van der Waals surface area contributed by atoms with E-state index in [2.05, 4.69) is 208 Å². The molecule has 0 N–H and O–H groups in total. The summed E-state index contributed by atoms with van der Waals surface area (Å²) in [6.45, 7) is 20.8. The van der Waals surface area contributed by atoms with E-state index in [0.29, 0.717) is 11.8 Å². The first-order valence-electron chi connectivity index (χ1n) is 20.1. The number of hydrogen-bond donors (Lipinski definition) is 0. The van der Waals surface area contributed by atoms with Crippen LogP contribution < -0.4 is 0 Å². The van der Waals surface area contributed by atoms with Crippen LogP contribution in [0.5, 0.6) is 0 Å². The van der Waals surface area contributed by atoms with Crippen LogP contribution in [-0.2, 0) is 23.3 Å². The van der Waals surface area contributed by atoms with Crippen LogP contribution in [0.4, 0.5) is 0 Å². The quantitative estimate of drug-likeness (QED) is 0.106. The number of rotatable bonds is 8. The van der Waals surface area contributed by atoms with Gasteiger partial charge in [0.1, 0.15) is 0 Å². The average Bonchev–Trinajstić information content (AvgIpc) is 3.89. The fraction of sp³-hybridized carbons (Fsp3) is 0.214. The van der Waals surface area contributed by atoms with Gasteiger partial charge in [0, 0.05) is 0 Å². The number of fused-ring (bicyclic) bond motifs is 2. The second kappa shape index (κ2) is 21.1. The fourth-order valence-corrected chi connectivity index (χ4v) is 7.62. The molecule has 0 spiro atoms. The van der Waals surface area contributed by atoms with Gasteiger partial charge in [0.05, 0.1) is 0 Å². The molecule has 0 aliphatic carbocycles. The minimum absolute atomic E-state index is 0. The Bertz CT molecular complexity index is 2170. The van der Waals surface area contributed by atoms with Crippen LogP contribution in [0, 0.1) is 42.5 Å². The summed E-state index contributed by atoms with van der Waals surface area (Å²) in [4.78, 5) is 0. The van der Waals surface area contributed by atoms with Crippen molar-refractivity contribution in [3.8, 4) is 44.5 Å². The molecule has 8 aromatic rings. The van der Waals surface area contributed by atoms with Crippen molar-refractivity contribution < 1.29 is 23.3 Å². The van der Waals surface area contributed by atoms with Gasteiger partial charge in [-0.25, -0.2) is 0 Å². The van der Waals surface area contributed by atoms with Crippen LogP contribution >= 0.6 is 0 Å². The standard InChI is InChI=1S/2C27H27.2CH3.Si.Zr/c2*1-5-20(4)23-16-26-24(21-10-6-18(2)7-11-21)14-15-25(27(26)17-23)22-12-8-19(3)9-13-22;;;;/h2*6-17,20H,5H2,1-4H3;2*1H3;;/q4*-1;;. The summed E-state index contributed by atoms with van der Waals surface area (Å²) in [6.07, 6.45) is 2.33. The van der Waals surface area contributed by atoms with Gasteiger partial charge in [-0.2, -0.15) is 12.1 Å². The predicted octanol–water partition coefficient (Wildman–Crippen LogP) is 16.6. The number of hydrogen-bond acceptors (Lipinski definition) is 0. The van der Waals surface area contributed by atoms with Gasteiger partial charge in [-0.05, 0) is 50.7 Å². The van der Waals surface area contributed by atoms with Crippen molar-refractivity contribution in [2.75, 3.05) is 0 Å². The van der Waals surface area contributed by atoms with Crippen molar-refractivity contribution in [2.45, 2.75) is 80.1 Å². The van der Waals surface area contributed by atoms with Gasteiger partial charge in [0.2, 0.25) is 0 Å². The van der Waals surface area contributed by atoms with E-state index in [0.717, 1.165) is 12.8 Å². The molecule has 0 heterocycles. The molecule has 0 fully saturated rings. The monoisotopic (exact) mass is 850 g/mol. The SMILES string of the molecule is CCC(C)c1cc2c(-c3ccc(C)cc3)ccc(-c3ccc(C)cc3)c2[cH-]1.CCC(C)c1cc2c(-c3ccc(C)cc3)ccc(-c3ccc(C)cc3)c2[cH-]1.[CH3-].[CH3-].[Si]=[Zr]. The Labute approximate surface area is 367 Å². The van der Waals surface area contributed by atoms with Gasteiger partial charge in [-0.1, -0.05) is 217 Å². The van der Waals surface area contributed by atoms with Crippen molar-refractivity contribution in [2.24, 2.45) is 0 Å². The van der Waals surface area contributed by atoms with Gasteiger partial charge in [-0.3, -0.25) is 0 Å². The normalized spacial score (nSPS) is 11.6. The van der Waals surface area contributed by atoms with Gasteiger partial charge in [-0.15, -0.1) is 44.8 Å². The summed E-state index contributed by atoms with van der Waals surface area (Å²) in [5.41, 5.74) is 18.6. The topological polar surface area (TPSA) is 0 Å². The first-order chi connectivity index (χ1) is 27.1. The van der Waals surface area contributed by atoms with E-state index in [4.69, 9.17) is 0 Å². The van der Waals surface area contributed by atoms with Crippen LogP contribution in [0.25, 0.3) is 66.1 Å². The molecule has 0 bridgehead atoms. The first kappa shape index (κ1) is 46.3. The summed E-state index contributed by atoms with van der Waals surface area (Å²) in [6, 6.07) is 54.4. The number of benzene rings is 6. The third kappa shape index (κ3) is 10.3. The zero-order valence-electron chi connectivity index (χ0n) is 36.4. The Hall–Kier alpha value is -4.36.